The van der Waals surface area contributed by atoms with Gasteiger partial charge in [-0.25, -0.2) is 20.2 Å². The Morgan fingerprint density at radius 3 is 2.10 bits per heavy atom. The van der Waals surface area contributed by atoms with Crippen LogP contribution in [0.3, 0.4) is 0 Å². The van der Waals surface area contributed by atoms with Crippen LogP contribution >= 0.6 is 15.9 Å². The van der Waals surface area contributed by atoms with Crippen LogP contribution in [-0.4, -0.2) is 0 Å². The molecule has 0 aliphatic heterocycles. The number of rotatable bonds is 0. The second-order valence-corrected chi connectivity index (χ2v) is 4.88. The zero-order chi connectivity index (χ0) is 14.7. The van der Waals surface area contributed by atoms with Gasteiger partial charge in [0.25, 0.3) is 11.4 Å². The Labute approximate surface area is 124 Å². The first-order valence-electron chi connectivity index (χ1n) is 5.48. The van der Waals surface area contributed by atoms with Crippen molar-refractivity contribution in [2.45, 2.75) is 6.42 Å². The maximum Gasteiger partial charge on any atom is 0.265 e. The van der Waals surface area contributed by atoms with E-state index in [4.69, 9.17) is 23.7 Å². The minimum absolute atomic E-state index is 0.00150. The molecule has 2 rings (SSSR count). The Balaban J connectivity index is 2.86. The molecule has 0 saturated heterocycles. The highest BCUT2D eigenvalue weighted by Crippen LogP contribution is 2.44. The van der Waals surface area contributed by atoms with Gasteiger partial charge in [-0.2, -0.15) is 0 Å². The number of halogens is 1. The lowest BCUT2D eigenvalue weighted by Crippen LogP contribution is -1.84. The first-order chi connectivity index (χ1) is 9.65. The van der Waals surface area contributed by atoms with Crippen molar-refractivity contribution in [1.29, 1.82) is 10.5 Å². The molecule has 0 atom stereocenters. The molecule has 1 aromatic carbocycles. The van der Waals surface area contributed by atoms with Crippen LogP contribution < -0.4 is 0 Å². The van der Waals surface area contributed by atoms with Crippen molar-refractivity contribution >= 4 is 27.1 Å². The molecule has 0 radical (unpaired) electrons. The van der Waals surface area contributed by atoms with Gasteiger partial charge in [0.15, 0.2) is 0 Å². The average molecular weight is 321 g/mol. The van der Waals surface area contributed by atoms with E-state index >= 15 is 0 Å². The predicted molar refractivity (Wildman–Crippen MR) is 77.0 cm³/mol. The molecule has 0 aromatic heterocycles. The topological polar surface area (TPSA) is 56.3 Å². The molecule has 0 unspecified atom stereocenters. The van der Waals surface area contributed by atoms with Gasteiger partial charge in [0.1, 0.15) is 0 Å². The lowest BCUT2D eigenvalue weighted by Gasteiger charge is -2.02. The van der Waals surface area contributed by atoms with E-state index in [-0.39, 0.29) is 17.8 Å². The summed E-state index contributed by atoms with van der Waals surface area (Å²) in [7, 11) is 0. The summed E-state index contributed by atoms with van der Waals surface area (Å²) in [5.74, 6) is 0. The fourth-order valence-electron chi connectivity index (χ4n) is 2.14. The van der Waals surface area contributed by atoms with E-state index in [1.54, 1.807) is 12.1 Å². The average Bonchev–Trinajstić information content (AvgIpc) is 2.81. The van der Waals surface area contributed by atoms with Gasteiger partial charge < -0.3 is 0 Å². The lowest BCUT2D eigenvalue weighted by molar-refractivity contribution is 1.42. The van der Waals surface area contributed by atoms with Gasteiger partial charge >= 0.3 is 0 Å². The molecule has 0 spiro atoms. The summed E-state index contributed by atoms with van der Waals surface area (Å²) in [6, 6.07) is 9.16. The molecule has 4 nitrogen and oxygen atoms in total. The molecule has 1 aliphatic carbocycles. The standard InChI is InChI=1S/C15H5BrN4/c1-19-14(7-17)12-6-13(15(8-18)20-2)11-5-9(16)3-4-10(11)12/h3-5H,6H2. The molecule has 0 N–H and O–H groups in total. The number of benzene rings is 1. The van der Waals surface area contributed by atoms with Crippen LogP contribution in [0, 0.1) is 35.8 Å². The fourth-order valence-corrected chi connectivity index (χ4v) is 2.50. The molecular weight excluding hydrogens is 316 g/mol. The van der Waals surface area contributed by atoms with E-state index in [1.807, 2.05) is 18.2 Å². The zero-order valence-electron chi connectivity index (χ0n) is 10.1. The maximum atomic E-state index is 9.05. The molecule has 0 heterocycles. The van der Waals surface area contributed by atoms with Crippen molar-refractivity contribution < 1.29 is 0 Å². The smallest absolute Gasteiger partial charge is 0.226 e. The number of hydrogen-bond donors (Lipinski definition) is 0. The quantitative estimate of drug-likeness (QED) is 0.532. The largest absolute Gasteiger partial charge is 0.265 e. The first-order valence-corrected chi connectivity index (χ1v) is 6.27. The SMILES string of the molecule is [C-]#[N+]C(C#N)=C1CC(=C(C#N)[N+]#[C-])c2cc(Br)ccc21. The summed E-state index contributed by atoms with van der Waals surface area (Å²) in [5.41, 5.74) is 2.64. The Kier molecular flexibility index (Phi) is 3.67. The van der Waals surface area contributed by atoms with Gasteiger partial charge in [-0.05, 0) is 40.8 Å². The summed E-state index contributed by atoms with van der Waals surface area (Å²) >= 11 is 3.35. The van der Waals surface area contributed by atoms with Crippen LogP contribution in [-0.2, 0) is 0 Å². The monoisotopic (exact) mass is 320 g/mol. The van der Waals surface area contributed by atoms with Crippen LogP contribution in [0.5, 0.6) is 0 Å². The number of nitriles is 2. The maximum absolute atomic E-state index is 9.05. The van der Waals surface area contributed by atoms with Crippen LogP contribution in [0.2, 0.25) is 0 Å². The molecule has 1 aliphatic rings. The van der Waals surface area contributed by atoms with Gasteiger partial charge in [-0.15, -0.1) is 0 Å². The fraction of sp³-hybridized carbons (Fsp3) is 0.0667. The molecule has 0 bridgehead atoms. The highest BCUT2D eigenvalue weighted by atomic mass is 79.9. The van der Waals surface area contributed by atoms with E-state index in [0.29, 0.717) is 11.1 Å². The van der Waals surface area contributed by atoms with Crippen molar-refractivity contribution in [2.75, 3.05) is 0 Å². The van der Waals surface area contributed by atoms with Gasteiger partial charge in [0.2, 0.25) is 0 Å². The summed E-state index contributed by atoms with van der Waals surface area (Å²) in [6.07, 6.45) is 0.266. The first kappa shape index (κ1) is 13.6. The lowest BCUT2D eigenvalue weighted by atomic mass is 10.1. The number of fused-ring (bicyclic) bond motifs is 1. The van der Waals surface area contributed by atoms with Gasteiger partial charge in [-0.3, -0.25) is 0 Å². The second-order valence-electron chi connectivity index (χ2n) is 3.97. The Morgan fingerprint density at radius 1 is 1.05 bits per heavy atom. The summed E-state index contributed by atoms with van der Waals surface area (Å²) in [4.78, 5) is 6.46. The Morgan fingerprint density at radius 2 is 1.60 bits per heavy atom. The van der Waals surface area contributed by atoms with Crippen LogP contribution in [0.1, 0.15) is 17.5 Å². The van der Waals surface area contributed by atoms with E-state index in [2.05, 4.69) is 25.6 Å². The van der Waals surface area contributed by atoms with Crippen LogP contribution in [0.4, 0.5) is 0 Å². The van der Waals surface area contributed by atoms with Crippen molar-refractivity contribution in [2.24, 2.45) is 0 Å². The van der Waals surface area contributed by atoms with Crippen molar-refractivity contribution in [3.05, 3.63) is 68.0 Å². The number of hydrogen-bond acceptors (Lipinski definition) is 2. The Hall–Kier alpha value is -2.86. The third-order valence-electron chi connectivity index (χ3n) is 2.99. The van der Waals surface area contributed by atoms with Crippen molar-refractivity contribution in [3.8, 4) is 12.1 Å². The molecule has 92 valence electrons. The van der Waals surface area contributed by atoms with Gasteiger partial charge in [-0.1, -0.05) is 22.0 Å². The normalized spacial score (nSPS) is 17.1. The van der Waals surface area contributed by atoms with Gasteiger partial charge in [0, 0.05) is 4.47 Å². The highest BCUT2D eigenvalue weighted by molar-refractivity contribution is 9.10. The molecule has 0 amide bonds. The van der Waals surface area contributed by atoms with Crippen LogP contribution in [0.25, 0.3) is 20.8 Å². The number of nitrogens with zero attached hydrogens (tertiary/aromatic N) is 4. The van der Waals surface area contributed by atoms with E-state index < -0.39 is 0 Å². The summed E-state index contributed by atoms with van der Waals surface area (Å²) in [5, 5.41) is 18.1. The summed E-state index contributed by atoms with van der Waals surface area (Å²) < 4.78 is 0.818. The minimum Gasteiger partial charge on any atom is -0.226 e. The molecule has 20 heavy (non-hydrogen) atoms. The third-order valence-corrected chi connectivity index (χ3v) is 3.49. The third kappa shape index (κ3) is 2.08. The van der Waals surface area contributed by atoms with Crippen molar-refractivity contribution in [3.63, 3.8) is 0 Å². The molecule has 1 aromatic rings. The van der Waals surface area contributed by atoms with Crippen molar-refractivity contribution in [1.82, 2.24) is 0 Å². The minimum atomic E-state index is 0.00150. The van der Waals surface area contributed by atoms with E-state index in [0.717, 1.165) is 15.6 Å². The van der Waals surface area contributed by atoms with E-state index in [9.17, 15) is 0 Å². The molecular formula is C15H5BrN4. The zero-order valence-corrected chi connectivity index (χ0v) is 11.7. The molecule has 0 saturated carbocycles. The van der Waals surface area contributed by atoms with E-state index in [1.165, 1.54) is 0 Å². The van der Waals surface area contributed by atoms with Crippen LogP contribution in [0.15, 0.2) is 34.1 Å². The van der Waals surface area contributed by atoms with Gasteiger partial charge in [0.05, 0.1) is 25.3 Å². The Bertz CT molecular complexity index is 801. The second kappa shape index (κ2) is 5.41. The summed E-state index contributed by atoms with van der Waals surface area (Å²) in [6.45, 7) is 14.1. The highest BCUT2D eigenvalue weighted by Gasteiger charge is 2.26. The number of allylic oxidation sites excluding steroid dienone is 4. The molecule has 5 heteroatoms. The molecule has 0 fully saturated rings. The predicted octanol–water partition coefficient (Wildman–Crippen LogP) is 4.16.